The third kappa shape index (κ3) is 3.46. The topological polar surface area (TPSA) is 99.9 Å². The van der Waals surface area contributed by atoms with Gasteiger partial charge in [0.05, 0.1) is 11.3 Å². The van der Waals surface area contributed by atoms with Crippen LogP contribution in [0.3, 0.4) is 0 Å². The Balaban J connectivity index is 1.84. The van der Waals surface area contributed by atoms with Gasteiger partial charge in [-0.05, 0) is 25.0 Å². The fraction of sp³-hybridized carbons (Fsp3) is 0.316. The molecular weight excluding hydrogens is 336 g/mol. The number of aryl methyl sites for hydroxylation is 1. The van der Waals surface area contributed by atoms with E-state index in [1.54, 1.807) is 36.1 Å². The maximum absolute atomic E-state index is 12.7. The molecule has 26 heavy (non-hydrogen) atoms. The van der Waals surface area contributed by atoms with Crippen LogP contribution >= 0.6 is 0 Å². The van der Waals surface area contributed by atoms with Crippen molar-refractivity contribution in [2.45, 2.75) is 26.2 Å². The van der Waals surface area contributed by atoms with Gasteiger partial charge in [0.15, 0.2) is 5.76 Å². The SMILES string of the molecule is CCc1oc(C(=O)Nc2ccccc2C(=O)N2CCCC2)cc1C(=O)O. The highest BCUT2D eigenvalue weighted by molar-refractivity contribution is 6.08. The van der Waals surface area contributed by atoms with E-state index >= 15 is 0 Å². The number of carbonyl (C=O) groups excluding carboxylic acids is 2. The summed E-state index contributed by atoms with van der Waals surface area (Å²) in [7, 11) is 0. The van der Waals surface area contributed by atoms with Gasteiger partial charge in [0.1, 0.15) is 11.3 Å². The van der Waals surface area contributed by atoms with Gasteiger partial charge in [0.2, 0.25) is 0 Å². The molecule has 1 aliphatic rings. The van der Waals surface area contributed by atoms with Gasteiger partial charge < -0.3 is 19.7 Å². The summed E-state index contributed by atoms with van der Waals surface area (Å²) in [5.41, 5.74) is 0.753. The van der Waals surface area contributed by atoms with Crippen molar-refractivity contribution in [3.8, 4) is 0 Å². The van der Waals surface area contributed by atoms with E-state index in [2.05, 4.69) is 5.32 Å². The van der Waals surface area contributed by atoms with E-state index in [4.69, 9.17) is 4.42 Å². The number of nitrogens with zero attached hydrogens (tertiary/aromatic N) is 1. The average Bonchev–Trinajstić information content (AvgIpc) is 3.31. The molecule has 0 radical (unpaired) electrons. The molecule has 7 heteroatoms. The molecule has 0 aliphatic carbocycles. The summed E-state index contributed by atoms with van der Waals surface area (Å²) in [6.45, 7) is 3.17. The molecule has 7 nitrogen and oxygen atoms in total. The highest BCUT2D eigenvalue weighted by Gasteiger charge is 2.24. The lowest BCUT2D eigenvalue weighted by atomic mass is 10.1. The van der Waals surface area contributed by atoms with Crippen LogP contribution in [0.5, 0.6) is 0 Å². The first-order valence-electron chi connectivity index (χ1n) is 8.57. The molecule has 2 N–H and O–H groups in total. The fourth-order valence-corrected chi connectivity index (χ4v) is 3.04. The Bertz CT molecular complexity index is 849. The van der Waals surface area contributed by atoms with E-state index < -0.39 is 11.9 Å². The molecular formula is C19H20N2O5. The van der Waals surface area contributed by atoms with E-state index in [9.17, 15) is 19.5 Å². The second-order valence-electron chi connectivity index (χ2n) is 6.11. The number of aromatic carboxylic acids is 1. The fourth-order valence-electron chi connectivity index (χ4n) is 3.04. The number of furan rings is 1. The summed E-state index contributed by atoms with van der Waals surface area (Å²) in [5.74, 6) is -1.71. The van der Waals surface area contributed by atoms with Gasteiger partial charge in [0, 0.05) is 25.6 Å². The minimum Gasteiger partial charge on any atom is -0.478 e. The van der Waals surface area contributed by atoms with Gasteiger partial charge in [-0.15, -0.1) is 0 Å². The Labute approximate surface area is 150 Å². The van der Waals surface area contributed by atoms with Gasteiger partial charge >= 0.3 is 5.97 Å². The molecule has 0 saturated carbocycles. The smallest absolute Gasteiger partial charge is 0.339 e. The number of carboxylic acid groups (broad SMARTS) is 1. The van der Waals surface area contributed by atoms with Crippen LogP contribution < -0.4 is 5.32 Å². The zero-order valence-electron chi connectivity index (χ0n) is 14.4. The number of rotatable bonds is 5. The Morgan fingerprint density at radius 2 is 1.85 bits per heavy atom. The summed E-state index contributed by atoms with van der Waals surface area (Å²) in [5, 5.41) is 11.8. The third-order valence-corrected chi connectivity index (χ3v) is 4.38. The van der Waals surface area contributed by atoms with Crippen molar-refractivity contribution in [2.75, 3.05) is 18.4 Å². The van der Waals surface area contributed by atoms with E-state index in [0.29, 0.717) is 30.8 Å². The quantitative estimate of drug-likeness (QED) is 0.858. The first-order valence-corrected chi connectivity index (χ1v) is 8.57. The average molecular weight is 356 g/mol. The molecule has 0 atom stereocenters. The number of carbonyl (C=O) groups is 3. The number of para-hydroxylation sites is 1. The monoisotopic (exact) mass is 356 g/mol. The van der Waals surface area contributed by atoms with Gasteiger partial charge in [0.25, 0.3) is 11.8 Å². The summed E-state index contributed by atoms with van der Waals surface area (Å²) in [4.78, 5) is 38.1. The molecule has 2 aromatic rings. The molecule has 1 fully saturated rings. The second kappa shape index (κ2) is 7.43. The van der Waals surface area contributed by atoms with Crippen LogP contribution in [0.1, 0.15) is 56.8 Å². The molecule has 1 aromatic carbocycles. The number of anilines is 1. The Hall–Kier alpha value is -3.09. The number of likely N-dealkylation sites (tertiary alicyclic amines) is 1. The summed E-state index contributed by atoms with van der Waals surface area (Å²) < 4.78 is 5.37. The van der Waals surface area contributed by atoms with E-state index in [-0.39, 0.29) is 23.0 Å². The summed E-state index contributed by atoms with van der Waals surface area (Å²) in [6.07, 6.45) is 2.31. The maximum Gasteiger partial charge on any atom is 0.339 e. The van der Waals surface area contributed by atoms with Gasteiger partial charge in [-0.1, -0.05) is 19.1 Å². The maximum atomic E-state index is 12.7. The normalized spacial score (nSPS) is 13.7. The lowest BCUT2D eigenvalue weighted by molar-refractivity contribution is 0.0693. The zero-order chi connectivity index (χ0) is 18.7. The molecule has 2 heterocycles. The number of hydrogen-bond acceptors (Lipinski definition) is 4. The van der Waals surface area contributed by atoms with E-state index in [0.717, 1.165) is 12.8 Å². The zero-order valence-corrected chi connectivity index (χ0v) is 14.4. The Morgan fingerprint density at radius 3 is 2.46 bits per heavy atom. The van der Waals surface area contributed by atoms with Crippen LogP contribution in [-0.2, 0) is 6.42 Å². The highest BCUT2D eigenvalue weighted by atomic mass is 16.4. The molecule has 0 spiro atoms. The van der Waals surface area contributed by atoms with E-state index in [1.165, 1.54) is 6.07 Å². The van der Waals surface area contributed by atoms with Crippen molar-refractivity contribution in [1.82, 2.24) is 4.90 Å². The van der Waals surface area contributed by atoms with E-state index in [1.807, 2.05) is 0 Å². The van der Waals surface area contributed by atoms with Gasteiger partial charge in [-0.25, -0.2) is 4.79 Å². The minimum atomic E-state index is -1.14. The van der Waals surface area contributed by atoms with Crippen LogP contribution in [0.2, 0.25) is 0 Å². The lowest BCUT2D eigenvalue weighted by Crippen LogP contribution is -2.28. The molecule has 0 bridgehead atoms. The van der Waals surface area contributed by atoms with Crippen molar-refractivity contribution < 1.29 is 23.9 Å². The van der Waals surface area contributed by atoms with Crippen LogP contribution in [0.15, 0.2) is 34.7 Å². The first kappa shape index (κ1) is 17.7. The molecule has 136 valence electrons. The van der Waals surface area contributed by atoms with Gasteiger partial charge in [-0.3, -0.25) is 9.59 Å². The Kier molecular flexibility index (Phi) is 5.06. The van der Waals surface area contributed by atoms with Gasteiger partial charge in [-0.2, -0.15) is 0 Å². The molecule has 1 aromatic heterocycles. The molecule has 2 amide bonds. The third-order valence-electron chi connectivity index (χ3n) is 4.38. The standard InChI is InChI=1S/C19H20N2O5/c1-2-15-13(19(24)25)11-16(26-15)17(22)20-14-8-4-3-7-12(14)18(23)21-9-5-6-10-21/h3-4,7-8,11H,2,5-6,9-10H2,1H3,(H,20,22)(H,24,25). The minimum absolute atomic E-state index is 0.0286. The Morgan fingerprint density at radius 1 is 1.15 bits per heavy atom. The number of benzene rings is 1. The molecule has 0 unspecified atom stereocenters. The predicted octanol–water partition coefficient (Wildman–Crippen LogP) is 3.03. The van der Waals surface area contributed by atoms with Crippen LogP contribution in [0.25, 0.3) is 0 Å². The van der Waals surface area contributed by atoms with Crippen molar-refractivity contribution in [1.29, 1.82) is 0 Å². The molecule has 3 rings (SSSR count). The van der Waals surface area contributed by atoms with Crippen molar-refractivity contribution in [3.63, 3.8) is 0 Å². The molecule has 1 aliphatic heterocycles. The van der Waals surface area contributed by atoms with Crippen LogP contribution in [0.4, 0.5) is 5.69 Å². The molecule has 1 saturated heterocycles. The summed E-state index contributed by atoms with van der Waals surface area (Å²) in [6, 6.07) is 7.98. The number of hydrogen-bond donors (Lipinski definition) is 2. The number of carboxylic acids is 1. The lowest BCUT2D eigenvalue weighted by Gasteiger charge is -2.17. The summed E-state index contributed by atoms with van der Waals surface area (Å²) >= 11 is 0. The first-order chi connectivity index (χ1) is 12.5. The second-order valence-corrected chi connectivity index (χ2v) is 6.11. The van der Waals surface area contributed by atoms with Crippen LogP contribution in [-0.4, -0.2) is 40.9 Å². The number of amides is 2. The van der Waals surface area contributed by atoms with Crippen molar-refractivity contribution in [2.24, 2.45) is 0 Å². The predicted molar refractivity (Wildman–Crippen MR) is 94.6 cm³/mol. The van der Waals surface area contributed by atoms with Crippen molar-refractivity contribution >= 4 is 23.5 Å². The van der Waals surface area contributed by atoms with Crippen molar-refractivity contribution in [3.05, 3.63) is 53.0 Å². The van der Waals surface area contributed by atoms with Crippen LogP contribution in [0, 0.1) is 0 Å². The number of nitrogens with one attached hydrogen (secondary N) is 1. The highest BCUT2D eigenvalue weighted by Crippen LogP contribution is 2.22. The largest absolute Gasteiger partial charge is 0.478 e.